The standard InChI is InChI=1S/C21H23N5O2/c1-14-11-16-12-18(4-5-19(16)28-14)25-21(27)24-17-6-9-26(10-7-17)20-15(13-22)3-2-8-23-20/h2-5,8,12,14,17H,6-7,9-11H2,1H3,(H2,24,25,27)/t14-/m1/s1. The van der Waals surface area contributed by atoms with Crippen LogP contribution in [0, 0.1) is 11.3 Å². The minimum atomic E-state index is -0.194. The number of anilines is 2. The number of hydrogen-bond acceptors (Lipinski definition) is 5. The number of ether oxygens (including phenoxy) is 1. The molecule has 2 aliphatic heterocycles. The number of amides is 2. The number of aromatic nitrogens is 1. The van der Waals surface area contributed by atoms with Crippen LogP contribution in [-0.4, -0.2) is 36.3 Å². The highest BCUT2D eigenvalue weighted by atomic mass is 16.5. The Labute approximate surface area is 164 Å². The van der Waals surface area contributed by atoms with E-state index in [4.69, 9.17) is 4.74 Å². The van der Waals surface area contributed by atoms with Gasteiger partial charge in [-0.15, -0.1) is 0 Å². The highest BCUT2D eigenvalue weighted by molar-refractivity contribution is 5.89. The van der Waals surface area contributed by atoms with Gasteiger partial charge in [-0.25, -0.2) is 9.78 Å². The fourth-order valence-electron chi connectivity index (χ4n) is 3.82. The summed E-state index contributed by atoms with van der Waals surface area (Å²) in [6.07, 6.45) is 4.37. The van der Waals surface area contributed by atoms with Crippen molar-refractivity contribution in [1.82, 2.24) is 10.3 Å². The summed E-state index contributed by atoms with van der Waals surface area (Å²) in [5, 5.41) is 15.2. The van der Waals surface area contributed by atoms with Gasteiger partial charge in [-0.3, -0.25) is 0 Å². The fourth-order valence-corrected chi connectivity index (χ4v) is 3.82. The van der Waals surface area contributed by atoms with Crippen molar-refractivity contribution in [3.05, 3.63) is 47.7 Å². The smallest absolute Gasteiger partial charge is 0.319 e. The van der Waals surface area contributed by atoms with E-state index in [0.29, 0.717) is 5.56 Å². The lowest BCUT2D eigenvalue weighted by molar-refractivity contribution is 0.246. The summed E-state index contributed by atoms with van der Waals surface area (Å²) in [7, 11) is 0. The SMILES string of the molecule is C[C@@H]1Cc2cc(NC(=O)NC3CCN(c4ncccc4C#N)CC3)ccc2O1. The zero-order valence-electron chi connectivity index (χ0n) is 15.8. The van der Waals surface area contributed by atoms with Crippen LogP contribution >= 0.6 is 0 Å². The molecule has 0 bridgehead atoms. The second-order valence-corrected chi connectivity index (χ2v) is 7.30. The molecular weight excluding hydrogens is 354 g/mol. The second-order valence-electron chi connectivity index (χ2n) is 7.30. The third-order valence-electron chi connectivity index (χ3n) is 5.19. The zero-order valence-corrected chi connectivity index (χ0v) is 15.8. The number of urea groups is 1. The first-order chi connectivity index (χ1) is 13.6. The molecule has 0 saturated carbocycles. The average molecular weight is 377 g/mol. The minimum Gasteiger partial charge on any atom is -0.490 e. The van der Waals surface area contributed by atoms with Crippen molar-refractivity contribution < 1.29 is 9.53 Å². The van der Waals surface area contributed by atoms with Crippen LogP contribution in [0.1, 0.15) is 30.9 Å². The number of rotatable bonds is 3. The molecule has 1 aromatic heterocycles. The molecule has 7 heteroatoms. The number of fused-ring (bicyclic) bond motifs is 1. The quantitative estimate of drug-likeness (QED) is 0.858. The summed E-state index contributed by atoms with van der Waals surface area (Å²) in [6.45, 7) is 3.55. The van der Waals surface area contributed by atoms with E-state index >= 15 is 0 Å². The Kier molecular flexibility index (Phi) is 5.02. The van der Waals surface area contributed by atoms with E-state index in [1.807, 2.05) is 25.1 Å². The molecule has 7 nitrogen and oxygen atoms in total. The molecule has 1 saturated heterocycles. The van der Waals surface area contributed by atoms with Crippen molar-refractivity contribution in [2.45, 2.75) is 38.3 Å². The van der Waals surface area contributed by atoms with Gasteiger partial charge >= 0.3 is 6.03 Å². The van der Waals surface area contributed by atoms with Gasteiger partial charge in [-0.05, 0) is 55.7 Å². The Morgan fingerprint density at radius 2 is 2.14 bits per heavy atom. The van der Waals surface area contributed by atoms with E-state index in [9.17, 15) is 10.1 Å². The highest BCUT2D eigenvalue weighted by Gasteiger charge is 2.23. The van der Waals surface area contributed by atoms with Crippen molar-refractivity contribution in [2.24, 2.45) is 0 Å². The van der Waals surface area contributed by atoms with Gasteiger partial charge in [0.2, 0.25) is 0 Å². The lowest BCUT2D eigenvalue weighted by Gasteiger charge is -2.33. The van der Waals surface area contributed by atoms with Crippen LogP contribution in [0.15, 0.2) is 36.5 Å². The molecule has 1 fully saturated rings. The summed E-state index contributed by atoms with van der Waals surface area (Å²) in [5.41, 5.74) is 2.49. The third-order valence-corrected chi connectivity index (χ3v) is 5.19. The second kappa shape index (κ2) is 7.77. The molecule has 144 valence electrons. The van der Waals surface area contributed by atoms with Gasteiger partial charge in [0.1, 0.15) is 23.7 Å². The molecule has 0 spiro atoms. The number of piperidine rings is 1. The van der Waals surface area contributed by atoms with Crippen LogP contribution in [0.4, 0.5) is 16.3 Å². The molecule has 2 aliphatic rings. The lowest BCUT2D eigenvalue weighted by Crippen LogP contribution is -2.46. The van der Waals surface area contributed by atoms with E-state index < -0.39 is 0 Å². The molecule has 2 amide bonds. The number of nitrogens with zero attached hydrogens (tertiary/aromatic N) is 3. The molecule has 28 heavy (non-hydrogen) atoms. The summed E-state index contributed by atoms with van der Waals surface area (Å²) < 4.78 is 5.69. The third kappa shape index (κ3) is 3.86. The molecule has 2 N–H and O–H groups in total. The van der Waals surface area contributed by atoms with Crippen LogP contribution in [0.2, 0.25) is 0 Å². The Balaban J connectivity index is 1.30. The van der Waals surface area contributed by atoms with Crippen LogP contribution < -0.4 is 20.3 Å². The first kappa shape index (κ1) is 18.1. The summed E-state index contributed by atoms with van der Waals surface area (Å²) >= 11 is 0. The van der Waals surface area contributed by atoms with Gasteiger partial charge in [0, 0.05) is 37.4 Å². The molecule has 0 unspecified atom stereocenters. The first-order valence-corrected chi connectivity index (χ1v) is 9.59. The van der Waals surface area contributed by atoms with Crippen LogP contribution in [0.5, 0.6) is 5.75 Å². The Morgan fingerprint density at radius 3 is 2.93 bits per heavy atom. The van der Waals surface area contributed by atoms with E-state index in [1.54, 1.807) is 18.3 Å². The molecule has 0 radical (unpaired) electrons. The molecule has 1 atom stereocenters. The molecule has 2 aromatic rings. The van der Waals surface area contributed by atoms with Crippen LogP contribution in [0.3, 0.4) is 0 Å². The summed E-state index contributed by atoms with van der Waals surface area (Å²) in [6, 6.07) is 11.4. The maximum absolute atomic E-state index is 12.4. The lowest BCUT2D eigenvalue weighted by atomic mass is 10.0. The monoisotopic (exact) mass is 377 g/mol. The van der Waals surface area contributed by atoms with E-state index in [1.165, 1.54) is 0 Å². The van der Waals surface area contributed by atoms with Gasteiger partial charge < -0.3 is 20.3 Å². The summed E-state index contributed by atoms with van der Waals surface area (Å²) in [4.78, 5) is 18.8. The van der Waals surface area contributed by atoms with E-state index in [-0.39, 0.29) is 18.2 Å². The maximum atomic E-state index is 12.4. The Hall–Kier alpha value is -3.27. The highest BCUT2D eigenvalue weighted by Crippen LogP contribution is 2.31. The molecule has 0 aliphatic carbocycles. The maximum Gasteiger partial charge on any atom is 0.319 e. The number of hydrogen-bond donors (Lipinski definition) is 2. The van der Waals surface area contributed by atoms with E-state index in [0.717, 1.165) is 55.2 Å². The number of nitriles is 1. The molecular formula is C21H23N5O2. The normalized spacial score (nSPS) is 18.7. The van der Waals surface area contributed by atoms with Gasteiger partial charge in [0.15, 0.2) is 0 Å². The van der Waals surface area contributed by atoms with Gasteiger partial charge in [0.25, 0.3) is 0 Å². The number of nitrogens with one attached hydrogen (secondary N) is 2. The fraction of sp³-hybridized carbons (Fsp3) is 0.381. The first-order valence-electron chi connectivity index (χ1n) is 9.59. The number of carbonyl (C=O) groups excluding carboxylic acids is 1. The Bertz CT molecular complexity index is 915. The predicted molar refractivity (Wildman–Crippen MR) is 107 cm³/mol. The van der Waals surface area contributed by atoms with Gasteiger partial charge in [-0.2, -0.15) is 5.26 Å². The van der Waals surface area contributed by atoms with Crippen molar-refractivity contribution in [3.8, 4) is 11.8 Å². The van der Waals surface area contributed by atoms with E-state index in [2.05, 4.69) is 26.6 Å². The zero-order chi connectivity index (χ0) is 19.5. The van der Waals surface area contributed by atoms with Crippen LogP contribution in [-0.2, 0) is 6.42 Å². The van der Waals surface area contributed by atoms with Crippen molar-refractivity contribution >= 4 is 17.5 Å². The van der Waals surface area contributed by atoms with Crippen LogP contribution in [0.25, 0.3) is 0 Å². The van der Waals surface area contributed by atoms with Gasteiger partial charge in [-0.1, -0.05) is 0 Å². The van der Waals surface area contributed by atoms with Gasteiger partial charge in [0.05, 0.1) is 5.56 Å². The minimum absolute atomic E-state index is 0.100. The largest absolute Gasteiger partial charge is 0.490 e. The number of carbonyl (C=O) groups is 1. The molecule has 1 aromatic carbocycles. The topological polar surface area (TPSA) is 90.3 Å². The van der Waals surface area contributed by atoms with Crippen molar-refractivity contribution in [2.75, 3.05) is 23.3 Å². The Morgan fingerprint density at radius 1 is 1.32 bits per heavy atom. The average Bonchev–Trinajstić information content (AvgIpc) is 3.08. The molecule has 4 rings (SSSR count). The van der Waals surface area contributed by atoms with Crippen molar-refractivity contribution in [3.63, 3.8) is 0 Å². The predicted octanol–water partition coefficient (Wildman–Crippen LogP) is 3.07. The molecule has 3 heterocycles. The number of benzene rings is 1. The summed E-state index contributed by atoms with van der Waals surface area (Å²) in [5.74, 6) is 1.62. The number of pyridine rings is 1. The van der Waals surface area contributed by atoms with Crippen molar-refractivity contribution in [1.29, 1.82) is 5.26 Å².